The third kappa shape index (κ3) is 3.69. The lowest BCUT2D eigenvalue weighted by Crippen LogP contribution is -2.34. The zero-order valence-corrected chi connectivity index (χ0v) is 16.9. The first-order valence-electron chi connectivity index (χ1n) is 9.69. The molecule has 0 amide bonds. The minimum absolute atomic E-state index is 0.0245. The van der Waals surface area contributed by atoms with Crippen LogP contribution in [0.4, 0.5) is 17.5 Å². The van der Waals surface area contributed by atoms with Gasteiger partial charge in [-0.05, 0) is 43.0 Å². The summed E-state index contributed by atoms with van der Waals surface area (Å²) < 4.78 is 1.63. The predicted molar refractivity (Wildman–Crippen MR) is 115 cm³/mol. The second kappa shape index (κ2) is 7.80. The zero-order chi connectivity index (χ0) is 19.7. The molecule has 0 bridgehead atoms. The Morgan fingerprint density at radius 2 is 2.00 bits per heavy atom. The molecular weight excluding hydrogens is 374 g/mol. The van der Waals surface area contributed by atoms with Crippen LogP contribution in [0.15, 0.2) is 41.3 Å². The standard InChI is InChI=1S/C21H24ClN5O/c1-3-14-8-10-27(11-9-14)21-23-13-17(22)20(25-21)24-16-5-6-18-15(12-16)4-7-19(28)26(18)2/h4-7,12-14H,3,8-11H2,1-2H3,(H,23,24,25). The summed E-state index contributed by atoms with van der Waals surface area (Å²) in [4.78, 5) is 23.1. The first kappa shape index (κ1) is 18.7. The molecule has 3 heterocycles. The van der Waals surface area contributed by atoms with Crippen molar-refractivity contribution in [2.45, 2.75) is 26.2 Å². The zero-order valence-electron chi connectivity index (χ0n) is 16.2. The Bertz CT molecular complexity index is 1060. The van der Waals surface area contributed by atoms with Crippen molar-refractivity contribution >= 4 is 40.0 Å². The van der Waals surface area contributed by atoms with Gasteiger partial charge in [-0.2, -0.15) is 4.98 Å². The molecule has 3 aromatic rings. The molecule has 1 saturated heterocycles. The van der Waals surface area contributed by atoms with Crippen LogP contribution in [0.5, 0.6) is 0 Å². The van der Waals surface area contributed by atoms with Crippen LogP contribution >= 0.6 is 11.6 Å². The van der Waals surface area contributed by atoms with E-state index in [0.29, 0.717) is 16.8 Å². The Morgan fingerprint density at radius 1 is 1.21 bits per heavy atom. The van der Waals surface area contributed by atoms with Crippen molar-refractivity contribution in [1.82, 2.24) is 14.5 Å². The minimum Gasteiger partial charge on any atom is -0.341 e. The summed E-state index contributed by atoms with van der Waals surface area (Å²) >= 11 is 6.34. The molecule has 0 atom stereocenters. The van der Waals surface area contributed by atoms with E-state index in [1.165, 1.54) is 19.3 Å². The van der Waals surface area contributed by atoms with E-state index in [4.69, 9.17) is 11.6 Å². The lowest BCUT2D eigenvalue weighted by atomic mass is 9.95. The van der Waals surface area contributed by atoms with E-state index in [1.807, 2.05) is 24.3 Å². The lowest BCUT2D eigenvalue weighted by molar-refractivity contribution is 0.392. The minimum atomic E-state index is -0.0245. The topological polar surface area (TPSA) is 63.1 Å². The third-order valence-electron chi connectivity index (χ3n) is 5.59. The Hall–Kier alpha value is -2.60. The number of rotatable bonds is 4. The molecule has 6 nitrogen and oxygen atoms in total. The maximum atomic E-state index is 11.8. The quantitative estimate of drug-likeness (QED) is 0.709. The van der Waals surface area contributed by atoms with Gasteiger partial charge in [0.2, 0.25) is 5.95 Å². The van der Waals surface area contributed by atoms with Gasteiger partial charge in [0.1, 0.15) is 5.02 Å². The Morgan fingerprint density at radius 3 is 2.75 bits per heavy atom. The van der Waals surface area contributed by atoms with Crippen molar-refractivity contribution in [2.24, 2.45) is 13.0 Å². The number of piperidine rings is 1. The normalized spacial score (nSPS) is 15.2. The fourth-order valence-corrected chi connectivity index (χ4v) is 3.88. The van der Waals surface area contributed by atoms with E-state index in [1.54, 1.807) is 23.9 Å². The van der Waals surface area contributed by atoms with Gasteiger partial charge in [-0.3, -0.25) is 4.79 Å². The van der Waals surface area contributed by atoms with Crippen LogP contribution in [-0.4, -0.2) is 27.6 Å². The van der Waals surface area contributed by atoms with Gasteiger partial charge in [-0.1, -0.05) is 24.9 Å². The molecular formula is C21H24ClN5O. The van der Waals surface area contributed by atoms with Crippen LogP contribution in [0.3, 0.4) is 0 Å². The largest absolute Gasteiger partial charge is 0.341 e. The molecule has 1 aliphatic heterocycles. The first-order valence-corrected chi connectivity index (χ1v) is 10.1. The van der Waals surface area contributed by atoms with Crippen LogP contribution < -0.4 is 15.8 Å². The van der Waals surface area contributed by atoms with E-state index in [0.717, 1.165) is 35.6 Å². The summed E-state index contributed by atoms with van der Waals surface area (Å²) in [5.41, 5.74) is 1.72. The molecule has 4 rings (SSSR count). The molecule has 1 aliphatic rings. The van der Waals surface area contributed by atoms with Gasteiger partial charge in [-0.15, -0.1) is 0 Å². The van der Waals surface area contributed by atoms with Crippen molar-refractivity contribution in [3.8, 4) is 0 Å². The number of aryl methyl sites for hydroxylation is 1. The second-order valence-electron chi connectivity index (χ2n) is 7.33. The van der Waals surface area contributed by atoms with E-state index < -0.39 is 0 Å². The number of hydrogen-bond acceptors (Lipinski definition) is 5. The highest BCUT2D eigenvalue weighted by Gasteiger charge is 2.20. The Kier molecular flexibility index (Phi) is 5.22. The highest BCUT2D eigenvalue weighted by Crippen LogP contribution is 2.28. The molecule has 0 radical (unpaired) electrons. The predicted octanol–water partition coefficient (Wildman–Crippen LogP) is 4.35. The summed E-state index contributed by atoms with van der Waals surface area (Å²) in [6.07, 6.45) is 5.24. The average Bonchev–Trinajstić information content (AvgIpc) is 2.72. The number of hydrogen-bond donors (Lipinski definition) is 1. The highest BCUT2D eigenvalue weighted by atomic mass is 35.5. The molecule has 146 valence electrons. The van der Waals surface area contributed by atoms with Crippen molar-refractivity contribution in [2.75, 3.05) is 23.3 Å². The highest BCUT2D eigenvalue weighted by molar-refractivity contribution is 6.32. The van der Waals surface area contributed by atoms with Gasteiger partial charge in [0.15, 0.2) is 5.82 Å². The number of fused-ring (bicyclic) bond motifs is 1. The summed E-state index contributed by atoms with van der Waals surface area (Å²) in [6.45, 7) is 4.20. The molecule has 0 unspecified atom stereocenters. The summed E-state index contributed by atoms with van der Waals surface area (Å²) in [5, 5.41) is 4.75. The number of nitrogens with zero attached hydrogens (tertiary/aromatic N) is 4. The van der Waals surface area contributed by atoms with Crippen molar-refractivity contribution in [3.63, 3.8) is 0 Å². The van der Waals surface area contributed by atoms with E-state index >= 15 is 0 Å². The van der Waals surface area contributed by atoms with Crippen LogP contribution in [0.2, 0.25) is 5.02 Å². The van der Waals surface area contributed by atoms with Crippen molar-refractivity contribution < 1.29 is 0 Å². The van der Waals surface area contributed by atoms with Gasteiger partial charge in [0.05, 0.1) is 11.7 Å². The van der Waals surface area contributed by atoms with E-state index in [9.17, 15) is 4.79 Å². The molecule has 0 spiro atoms. The van der Waals surface area contributed by atoms with Crippen LogP contribution in [0, 0.1) is 5.92 Å². The maximum Gasteiger partial charge on any atom is 0.250 e. The van der Waals surface area contributed by atoms with E-state index in [2.05, 4.69) is 27.1 Å². The van der Waals surface area contributed by atoms with Gasteiger partial charge in [0, 0.05) is 37.3 Å². The molecule has 7 heteroatoms. The second-order valence-corrected chi connectivity index (χ2v) is 7.74. The summed E-state index contributed by atoms with van der Waals surface area (Å²) in [6, 6.07) is 9.23. The summed E-state index contributed by atoms with van der Waals surface area (Å²) in [7, 11) is 1.77. The number of pyridine rings is 1. The van der Waals surface area contributed by atoms with Gasteiger partial charge < -0.3 is 14.8 Å². The monoisotopic (exact) mass is 397 g/mol. The number of nitrogens with one attached hydrogen (secondary N) is 1. The molecule has 0 aliphatic carbocycles. The van der Waals surface area contributed by atoms with Crippen molar-refractivity contribution in [3.05, 3.63) is 51.9 Å². The average molecular weight is 398 g/mol. The first-order chi connectivity index (χ1) is 13.5. The molecule has 1 N–H and O–H groups in total. The maximum absolute atomic E-state index is 11.8. The lowest BCUT2D eigenvalue weighted by Gasteiger charge is -2.31. The van der Waals surface area contributed by atoms with Crippen LogP contribution in [0.25, 0.3) is 10.9 Å². The van der Waals surface area contributed by atoms with Crippen LogP contribution in [0.1, 0.15) is 26.2 Å². The third-order valence-corrected chi connectivity index (χ3v) is 5.87. The molecule has 2 aromatic heterocycles. The molecule has 1 fully saturated rings. The van der Waals surface area contributed by atoms with Gasteiger partial charge in [0.25, 0.3) is 5.56 Å². The molecule has 1 aromatic carbocycles. The number of halogens is 1. The molecule has 0 saturated carbocycles. The fourth-order valence-electron chi connectivity index (χ4n) is 3.74. The van der Waals surface area contributed by atoms with Gasteiger partial charge in [-0.25, -0.2) is 4.98 Å². The van der Waals surface area contributed by atoms with Crippen molar-refractivity contribution in [1.29, 1.82) is 0 Å². The SMILES string of the molecule is CCC1CCN(c2ncc(Cl)c(Nc3ccc4c(ccc(=O)n4C)c3)n2)CC1. The van der Waals surface area contributed by atoms with E-state index in [-0.39, 0.29) is 5.56 Å². The fraction of sp³-hybridized carbons (Fsp3) is 0.381. The molecule has 28 heavy (non-hydrogen) atoms. The smallest absolute Gasteiger partial charge is 0.250 e. The Balaban J connectivity index is 1.59. The van der Waals surface area contributed by atoms with Crippen LogP contribution in [-0.2, 0) is 7.05 Å². The number of benzene rings is 1. The Labute approximate surface area is 169 Å². The van der Waals surface area contributed by atoms with Gasteiger partial charge >= 0.3 is 0 Å². The summed E-state index contributed by atoms with van der Waals surface area (Å²) in [5.74, 6) is 2.10. The number of anilines is 3. The number of aromatic nitrogens is 3.